The van der Waals surface area contributed by atoms with Gasteiger partial charge in [0.2, 0.25) is 0 Å². The maximum absolute atomic E-state index is 11.9. The molecule has 0 aliphatic carbocycles. The minimum absolute atomic E-state index is 0.160. The highest BCUT2D eigenvalue weighted by Crippen LogP contribution is 2.27. The highest BCUT2D eigenvalue weighted by Gasteiger charge is 2.12. The zero-order valence-electron chi connectivity index (χ0n) is 11.9. The number of benzene rings is 1. The Morgan fingerprint density at radius 3 is 2.45 bits per heavy atom. The van der Waals surface area contributed by atoms with Crippen LogP contribution in [0.2, 0.25) is 0 Å². The molecule has 0 atom stereocenters. The van der Waals surface area contributed by atoms with E-state index in [0.29, 0.717) is 23.7 Å². The average Bonchev–Trinajstić information content (AvgIpc) is 2.49. The van der Waals surface area contributed by atoms with Crippen molar-refractivity contribution in [2.24, 2.45) is 0 Å². The van der Waals surface area contributed by atoms with Crippen LogP contribution in [0.25, 0.3) is 0 Å². The fraction of sp³-hybridized carbons (Fsp3) is 0.429. The molecule has 0 aliphatic rings. The molecule has 0 spiro atoms. The number of methoxy groups -OCH3 is 2. The fourth-order valence-corrected chi connectivity index (χ4v) is 1.50. The van der Waals surface area contributed by atoms with Crippen molar-refractivity contribution in [2.45, 2.75) is 13.3 Å². The molecule has 20 heavy (non-hydrogen) atoms. The van der Waals surface area contributed by atoms with E-state index in [-0.39, 0.29) is 12.5 Å². The first-order valence-corrected chi connectivity index (χ1v) is 6.28. The molecule has 6 heteroatoms. The molecule has 0 saturated carbocycles. The summed E-state index contributed by atoms with van der Waals surface area (Å²) in [7, 11) is 3.00. The SMILES string of the molecule is CCCOC(=O)CNC(=O)c1ccc(OC)c(OC)c1. The Hall–Kier alpha value is -2.24. The van der Waals surface area contributed by atoms with Gasteiger partial charge in [0.05, 0.1) is 20.8 Å². The van der Waals surface area contributed by atoms with Crippen LogP contribution < -0.4 is 14.8 Å². The zero-order chi connectivity index (χ0) is 15.0. The van der Waals surface area contributed by atoms with Crippen LogP contribution in [0, 0.1) is 0 Å². The van der Waals surface area contributed by atoms with Gasteiger partial charge in [-0.25, -0.2) is 0 Å². The van der Waals surface area contributed by atoms with Gasteiger partial charge in [0, 0.05) is 5.56 Å². The standard InChI is InChI=1S/C14H19NO5/c1-4-7-20-13(16)9-15-14(17)10-5-6-11(18-2)12(8-10)19-3/h5-6,8H,4,7,9H2,1-3H3,(H,15,17). The van der Waals surface area contributed by atoms with Crippen LogP contribution >= 0.6 is 0 Å². The second-order valence-electron chi connectivity index (χ2n) is 3.97. The average molecular weight is 281 g/mol. The van der Waals surface area contributed by atoms with Gasteiger partial charge in [0.25, 0.3) is 5.91 Å². The molecule has 0 aromatic heterocycles. The molecule has 0 radical (unpaired) electrons. The summed E-state index contributed by atoms with van der Waals surface area (Å²) in [5, 5.41) is 2.49. The van der Waals surface area contributed by atoms with Crippen molar-refractivity contribution >= 4 is 11.9 Å². The van der Waals surface area contributed by atoms with Crippen molar-refractivity contribution in [2.75, 3.05) is 27.4 Å². The number of hydrogen-bond acceptors (Lipinski definition) is 5. The number of carbonyl (C=O) groups is 2. The smallest absolute Gasteiger partial charge is 0.325 e. The largest absolute Gasteiger partial charge is 0.493 e. The summed E-state index contributed by atoms with van der Waals surface area (Å²) in [5.74, 6) is 0.153. The lowest BCUT2D eigenvalue weighted by atomic mass is 10.2. The van der Waals surface area contributed by atoms with Gasteiger partial charge in [-0.2, -0.15) is 0 Å². The summed E-state index contributed by atoms with van der Waals surface area (Å²) in [6.45, 7) is 2.09. The molecule has 6 nitrogen and oxygen atoms in total. The maximum Gasteiger partial charge on any atom is 0.325 e. The van der Waals surface area contributed by atoms with Crippen molar-refractivity contribution in [3.8, 4) is 11.5 Å². The minimum Gasteiger partial charge on any atom is -0.493 e. The van der Waals surface area contributed by atoms with Crippen molar-refractivity contribution in [3.05, 3.63) is 23.8 Å². The number of amides is 1. The van der Waals surface area contributed by atoms with E-state index in [0.717, 1.165) is 6.42 Å². The number of ether oxygens (including phenoxy) is 3. The summed E-state index contributed by atoms with van der Waals surface area (Å²) < 4.78 is 15.1. The number of nitrogens with one attached hydrogen (secondary N) is 1. The molecule has 0 fully saturated rings. The van der Waals surface area contributed by atoms with Crippen LogP contribution in [0.4, 0.5) is 0 Å². The van der Waals surface area contributed by atoms with Crippen LogP contribution in [-0.2, 0) is 9.53 Å². The Bertz CT molecular complexity index is 473. The topological polar surface area (TPSA) is 73.9 Å². The number of esters is 1. The van der Waals surface area contributed by atoms with Gasteiger partial charge >= 0.3 is 5.97 Å². The summed E-state index contributed by atoms with van der Waals surface area (Å²) in [4.78, 5) is 23.2. The second-order valence-corrected chi connectivity index (χ2v) is 3.97. The van der Waals surface area contributed by atoms with Crippen LogP contribution in [0.3, 0.4) is 0 Å². The minimum atomic E-state index is -0.458. The molecule has 0 heterocycles. The van der Waals surface area contributed by atoms with Gasteiger partial charge in [-0.1, -0.05) is 6.92 Å². The van der Waals surface area contributed by atoms with E-state index in [1.54, 1.807) is 18.2 Å². The van der Waals surface area contributed by atoms with Crippen molar-refractivity contribution < 1.29 is 23.8 Å². The molecule has 110 valence electrons. The first kappa shape index (κ1) is 15.8. The molecular formula is C14H19NO5. The van der Waals surface area contributed by atoms with E-state index < -0.39 is 5.97 Å². The van der Waals surface area contributed by atoms with E-state index in [4.69, 9.17) is 14.2 Å². The van der Waals surface area contributed by atoms with Gasteiger partial charge in [0.1, 0.15) is 6.54 Å². The first-order chi connectivity index (χ1) is 9.62. The molecular weight excluding hydrogens is 262 g/mol. The molecule has 1 rings (SSSR count). The van der Waals surface area contributed by atoms with Crippen LogP contribution in [0.5, 0.6) is 11.5 Å². The van der Waals surface area contributed by atoms with Crippen LogP contribution in [0.15, 0.2) is 18.2 Å². The third-order valence-electron chi connectivity index (χ3n) is 2.51. The van der Waals surface area contributed by atoms with E-state index in [1.807, 2.05) is 6.92 Å². The van der Waals surface area contributed by atoms with Crippen molar-refractivity contribution in [1.82, 2.24) is 5.32 Å². The Balaban J connectivity index is 2.61. The van der Waals surface area contributed by atoms with Gasteiger partial charge in [0.15, 0.2) is 11.5 Å². The second kappa shape index (κ2) is 8.04. The lowest BCUT2D eigenvalue weighted by molar-refractivity contribution is -0.142. The number of carbonyl (C=O) groups excluding carboxylic acids is 2. The van der Waals surface area contributed by atoms with Crippen molar-refractivity contribution in [3.63, 3.8) is 0 Å². The van der Waals surface area contributed by atoms with Crippen LogP contribution in [-0.4, -0.2) is 39.2 Å². The Morgan fingerprint density at radius 1 is 1.15 bits per heavy atom. The summed E-state index contributed by atoms with van der Waals surface area (Å²) >= 11 is 0. The lowest BCUT2D eigenvalue weighted by Crippen LogP contribution is -2.30. The highest BCUT2D eigenvalue weighted by atomic mass is 16.5. The molecule has 0 aliphatic heterocycles. The number of hydrogen-bond donors (Lipinski definition) is 1. The normalized spacial score (nSPS) is 9.75. The van der Waals surface area contributed by atoms with E-state index in [1.165, 1.54) is 14.2 Å². The van der Waals surface area contributed by atoms with Crippen molar-refractivity contribution in [1.29, 1.82) is 0 Å². The maximum atomic E-state index is 11.9. The fourth-order valence-electron chi connectivity index (χ4n) is 1.50. The monoisotopic (exact) mass is 281 g/mol. The molecule has 1 amide bonds. The lowest BCUT2D eigenvalue weighted by Gasteiger charge is -2.10. The zero-order valence-corrected chi connectivity index (χ0v) is 11.9. The summed E-state index contributed by atoms with van der Waals surface area (Å²) in [5.41, 5.74) is 0.381. The predicted molar refractivity (Wildman–Crippen MR) is 73.1 cm³/mol. The molecule has 0 saturated heterocycles. The van der Waals surface area contributed by atoms with E-state index in [9.17, 15) is 9.59 Å². The Morgan fingerprint density at radius 2 is 1.85 bits per heavy atom. The molecule has 1 aromatic rings. The van der Waals surface area contributed by atoms with Crippen LogP contribution in [0.1, 0.15) is 23.7 Å². The highest BCUT2D eigenvalue weighted by molar-refractivity contribution is 5.96. The third kappa shape index (κ3) is 4.46. The summed E-state index contributed by atoms with van der Waals surface area (Å²) in [6, 6.07) is 4.77. The van der Waals surface area contributed by atoms with Gasteiger partial charge in [-0.05, 0) is 24.6 Å². The van der Waals surface area contributed by atoms with Gasteiger partial charge in [-0.15, -0.1) is 0 Å². The van der Waals surface area contributed by atoms with Gasteiger partial charge < -0.3 is 19.5 Å². The van der Waals surface area contributed by atoms with Gasteiger partial charge in [-0.3, -0.25) is 9.59 Å². The Kier molecular flexibility index (Phi) is 6.36. The van der Waals surface area contributed by atoms with E-state index >= 15 is 0 Å². The molecule has 1 aromatic carbocycles. The molecule has 0 unspecified atom stereocenters. The van der Waals surface area contributed by atoms with E-state index in [2.05, 4.69) is 5.32 Å². The molecule has 0 bridgehead atoms. The number of rotatable bonds is 7. The predicted octanol–water partition coefficient (Wildman–Crippen LogP) is 1.39. The quantitative estimate of drug-likeness (QED) is 0.764. The summed E-state index contributed by atoms with van der Waals surface area (Å²) in [6.07, 6.45) is 0.745. The molecule has 1 N–H and O–H groups in total. The first-order valence-electron chi connectivity index (χ1n) is 6.28. The Labute approximate surface area is 118 Å². The third-order valence-corrected chi connectivity index (χ3v) is 2.51.